The van der Waals surface area contributed by atoms with Crippen molar-refractivity contribution in [3.05, 3.63) is 70.4 Å². The van der Waals surface area contributed by atoms with Gasteiger partial charge in [-0.3, -0.25) is 10.1 Å². The molecule has 0 spiro atoms. The van der Waals surface area contributed by atoms with Crippen LogP contribution in [0.25, 0.3) is 11.5 Å². The normalized spacial score (nSPS) is 10.5. The van der Waals surface area contributed by atoms with Gasteiger partial charge < -0.3 is 9.73 Å². The Balaban J connectivity index is 1.71. The van der Waals surface area contributed by atoms with E-state index < -0.39 is 16.4 Å². The summed E-state index contributed by atoms with van der Waals surface area (Å²) >= 11 is 0. The monoisotopic (exact) mass is 314 g/mol. The molecule has 1 aromatic heterocycles. The SMILES string of the molecule is O=[N+]([O-])c1cc(NCc2nnc(-c3ccccc3)o2)ccc1F. The van der Waals surface area contributed by atoms with E-state index in [0.29, 0.717) is 17.5 Å². The molecule has 0 amide bonds. The Labute approximate surface area is 129 Å². The molecule has 7 nitrogen and oxygen atoms in total. The van der Waals surface area contributed by atoms with Crippen molar-refractivity contribution in [2.75, 3.05) is 5.32 Å². The summed E-state index contributed by atoms with van der Waals surface area (Å²) < 4.78 is 18.8. The first-order valence-corrected chi connectivity index (χ1v) is 6.69. The van der Waals surface area contributed by atoms with Crippen LogP contribution in [0.1, 0.15) is 5.89 Å². The van der Waals surface area contributed by atoms with Crippen molar-refractivity contribution >= 4 is 11.4 Å². The maximum Gasteiger partial charge on any atom is 0.306 e. The Morgan fingerprint density at radius 1 is 1.17 bits per heavy atom. The minimum Gasteiger partial charge on any atom is -0.419 e. The minimum absolute atomic E-state index is 0.169. The molecule has 0 fully saturated rings. The summed E-state index contributed by atoms with van der Waals surface area (Å²) in [5, 5.41) is 21.4. The van der Waals surface area contributed by atoms with E-state index in [-0.39, 0.29) is 6.54 Å². The first-order valence-electron chi connectivity index (χ1n) is 6.69. The lowest BCUT2D eigenvalue weighted by Crippen LogP contribution is -2.01. The number of halogens is 1. The number of nitrogens with one attached hydrogen (secondary N) is 1. The van der Waals surface area contributed by atoms with Crippen molar-refractivity contribution in [2.45, 2.75) is 6.54 Å². The molecule has 1 N–H and O–H groups in total. The lowest BCUT2D eigenvalue weighted by atomic mass is 10.2. The van der Waals surface area contributed by atoms with Crippen molar-refractivity contribution in [2.24, 2.45) is 0 Å². The highest BCUT2D eigenvalue weighted by atomic mass is 19.1. The summed E-state index contributed by atoms with van der Waals surface area (Å²) in [6.45, 7) is 0.169. The third-order valence-electron chi connectivity index (χ3n) is 3.07. The second-order valence-corrected chi connectivity index (χ2v) is 4.64. The van der Waals surface area contributed by atoms with E-state index in [0.717, 1.165) is 17.7 Å². The first-order chi connectivity index (χ1) is 11.1. The zero-order valence-corrected chi connectivity index (χ0v) is 11.8. The number of anilines is 1. The standard InChI is InChI=1S/C15H11FN4O3/c16-12-7-6-11(8-13(12)20(21)22)17-9-14-18-19-15(23-14)10-4-2-1-3-5-10/h1-8,17H,9H2. The molecule has 0 aliphatic carbocycles. The summed E-state index contributed by atoms with van der Waals surface area (Å²) in [6, 6.07) is 12.8. The summed E-state index contributed by atoms with van der Waals surface area (Å²) in [5.41, 5.74) is 0.590. The Morgan fingerprint density at radius 3 is 2.70 bits per heavy atom. The molecule has 8 heteroatoms. The predicted octanol–water partition coefficient (Wildman–Crippen LogP) is 3.40. The van der Waals surface area contributed by atoms with E-state index in [1.165, 1.54) is 6.07 Å². The topological polar surface area (TPSA) is 94.1 Å². The number of aromatic nitrogens is 2. The van der Waals surface area contributed by atoms with E-state index in [4.69, 9.17) is 4.42 Å². The van der Waals surface area contributed by atoms with Crippen molar-refractivity contribution in [1.29, 1.82) is 0 Å². The number of rotatable bonds is 5. The van der Waals surface area contributed by atoms with Gasteiger partial charge in [0.05, 0.1) is 11.5 Å². The van der Waals surface area contributed by atoms with Crippen LogP contribution in [0.4, 0.5) is 15.8 Å². The molecule has 23 heavy (non-hydrogen) atoms. The van der Waals surface area contributed by atoms with Gasteiger partial charge in [0, 0.05) is 17.3 Å². The molecule has 0 aliphatic heterocycles. The molecular weight excluding hydrogens is 303 g/mol. The van der Waals surface area contributed by atoms with Crippen LogP contribution in [0.5, 0.6) is 0 Å². The molecule has 0 atom stereocenters. The van der Waals surface area contributed by atoms with Crippen molar-refractivity contribution in [3.63, 3.8) is 0 Å². The smallest absolute Gasteiger partial charge is 0.306 e. The van der Waals surface area contributed by atoms with Crippen molar-refractivity contribution in [3.8, 4) is 11.5 Å². The summed E-state index contributed by atoms with van der Waals surface area (Å²) in [5.74, 6) is -0.187. The zero-order valence-electron chi connectivity index (χ0n) is 11.8. The quantitative estimate of drug-likeness (QED) is 0.573. The molecule has 2 aromatic carbocycles. The fourth-order valence-electron chi connectivity index (χ4n) is 1.96. The van der Waals surface area contributed by atoms with Crippen LogP contribution in [-0.4, -0.2) is 15.1 Å². The molecular formula is C15H11FN4O3. The third kappa shape index (κ3) is 3.31. The van der Waals surface area contributed by atoms with E-state index >= 15 is 0 Å². The molecule has 3 rings (SSSR count). The molecule has 116 valence electrons. The second kappa shape index (κ2) is 6.22. The van der Waals surface area contributed by atoms with Gasteiger partial charge in [0.1, 0.15) is 0 Å². The number of nitro benzene ring substituents is 1. The third-order valence-corrected chi connectivity index (χ3v) is 3.07. The highest BCUT2D eigenvalue weighted by Gasteiger charge is 2.14. The number of benzene rings is 2. The van der Waals surface area contributed by atoms with Gasteiger partial charge in [0.25, 0.3) is 0 Å². The molecule has 3 aromatic rings. The van der Waals surface area contributed by atoms with Gasteiger partial charge in [0.2, 0.25) is 17.6 Å². The summed E-state index contributed by atoms with van der Waals surface area (Å²) in [4.78, 5) is 9.93. The van der Waals surface area contributed by atoms with Crippen LogP contribution in [0, 0.1) is 15.9 Å². The van der Waals surface area contributed by atoms with Crippen LogP contribution in [-0.2, 0) is 6.54 Å². The van der Waals surface area contributed by atoms with Gasteiger partial charge in [-0.05, 0) is 24.3 Å². The van der Waals surface area contributed by atoms with E-state index in [1.807, 2.05) is 30.3 Å². The fourth-order valence-corrected chi connectivity index (χ4v) is 1.96. The zero-order chi connectivity index (χ0) is 16.2. The molecule has 1 heterocycles. The van der Waals surface area contributed by atoms with Crippen molar-refractivity contribution in [1.82, 2.24) is 10.2 Å². The van der Waals surface area contributed by atoms with Crippen LogP contribution in [0.15, 0.2) is 52.9 Å². The van der Waals surface area contributed by atoms with Gasteiger partial charge >= 0.3 is 5.69 Å². The average Bonchev–Trinajstić information content (AvgIpc) is 3.03. The van der Waals surface area contributed by atoms with Gasteiger partial charge in [0.15, 0.2) is 0 Å². The molecule has 0 unspecified atom stereocenters. The van der Waals surface area contributed by atoms with E-state index in [2.05, 4.69) is 15.5 Å². The van der Waals surface area contributed by atoms with Gasteiger partial charge in [-0.25, -0.2) is 0 Å². The fraction of sp³-hybridized carbons (Fsp3) is 0.0667. The average molecular weight is 314 g/mol. The highest BCUT2D eigenvalue weighted by Crippen LogP contribution is 2.22. The second-order valence-electron chi connectivity index (χ2n) is 4.64. The van der Waals surface area contributed by atoms with Gasteiger partial charge in [-0.2, -0.15) is 4.39 Å². The number of hydrogen-bond acceptors (Lipinski definition) is 6. The largest absolute Gasteiger partial charge is 0.419 e. The molecule has 0 saturated carbocycles. The summed E-state index contributed by atoms with van der Waals surface area (Å²) in [6.07, 6.45) is 0. The Morgan fingerprint density at radius 2 is 1.96 bits per heavy atom. The van der Waals surface area contributed by atoms with Gasteiger partial charge in [-0.1, -0.05) is 18.2 Å². The number of hydrogen-bond donors (Lipinski definition) is 1. The molecule has 0 saturated heterocycles. The number of nitrogens with zero attached hydrogens (tertiary/aromatic N) is 3. The number of nitro groups is 1. The van der Waals surface area contributed by atoms with Crippen molar-refractivity contribution < 1.29 is 13.7 Å². The van der Waals surface area contributed by atoms with Crippen LogP contribution < -0.4 is 5.32 Å². The maximum absolute atomic E-state index is 13.3. The predicted molar refractivity (Wildman–Crippen MR) is 80.1 cm³/mol. The van der Waals surface area contributed by atoms with E-state index in [1.54, 1.807) is 0 Å². The van der Waals surface area contributed by atoms with E-state index in [9.17, 15) is 14.5 Å². The highest BCUT2D eigenvalue weighted by molar-refractivity contribution is 5.53. The first kappa shape index (κ1) is 14.6. The lowest BCUT2D eigenvalue weighted by Gasteiger charge is -2.03. The molecule has 0 radical (unpaired) electrons. The molecule has 0 aliphatic rings. The Kier molecular flexibility index (Phi) is 3.96. The maximum atomic E-state index is 13.3. The van der Waals surface area contributed by atoms with Crippen LogP contribution in [0.3, 0.4) is 0 Å². The Hall–Kier alpha value is -3.29. The Bertz CT molecular complexity index is 836. The van der Waals surface area contributed by atoms with Crippen LogP contribution >= 0.6 is 0 Å². The van der Waals surface area contributed by atoms with Gasteiger partial charge in [-0.15, -0.1) is 10.2 Å². The lowest BCUT2D eigenvalue weighted by molar-refractivity contribution is -0.387. The molecule has 0 bridgehead atoms. The summed E-state index contributed by atoms with van der Waals surface area (Å²) in [7, 11) is 0. The minimum atomic E-state index is -0.885. The van der Waals surface area contributed by atoms with Crippen LogP contribution in [0.2, 0.25) is 0 Å².